The van der Waals surface area contributed by atoms with Crippen molar-refractivity contribution in [3.8, 4) is 0 Å². The zero-order valence-corrected chi connectivity index (χ0v) is 31.1. The average molecular weight is 699 g/mol. The molecule has 2 aliphatic heterocycles. The number of hydrogen-bond acceptors (Lipinski definition) is 8. The number of anilines is 1. The number of likely N-dealkylation sites (N-methyl/N-ethyl adjacent to an activating group) is 1. The Balaban J connectivity index is 1.37. The van der Waals surface area contributed by atoms with E-state index in [0.29, 0.717) is 18.2 Å². The summed E-state index contributed by atoms with van der Waals surface area (Å²) in [5, 5.41) is 2.71. The minimum absolute atomic E-state index is 0.163. The number of amides is 1. The van der Waals surface area contributed by atoms with Crippen LogP contribution in [0.3, 0.4) is 0 Å². The molecule has 13 heteroatoms. The van der Waals surface area contributed by atoms with Gasteiger partial charge in [0.05, 0.1) is 29.5 Å². The number of esters is 1. The number of nitrogens with zero attached hydrogens (tertiary/aromatic N) is 4. The van der Waals surface area contributed by atoms with Gasteiger partial charge in [0.25, 0.3) is 18.5 Å². The topological polar surface area (TPSA) is 109 Å². The fourth-order valence-electron chi connectivity index (χ4n) is 6.90. The Bertz CT molecular complexity index is 1650. The average Bonchev–Trinajstić information content (AvgIpc) is 3.70. The van der Waals surface area contributed by atoms with E-state index in [0.717, 1.165) is 9.18 Å². The molecule has 47 heavy (non-hydrogen) atoms. The van der Waals surface area contributed by atoms with Crippen molar-refractivity contribution in [3.63, 3.8) is 0 Å². The second-order valence-electron chi connectivity index (χ2n) is 14.4. The number of rotatable bonds is 10. The van der Waals surface area contributed by atoms with Crippen molar-refractivity contribution in [1.82, 2.24) is 13.6 Å². The first-order valence-electron chi connectivity index (χ1n) is 15.9. The van der Waals surface area contributed by atoms with E-state index in [1.165, 1.54) is 33.1 Å². The van der Waals surface area contributed by atoms with Crippen LogP contribution in [0.2, 0.25) is 5.04 Å². The minimum atomic E-state index is -4.04. The normalized spacial score (nSPS) is 21.0. The fraction of sp³-hybridized carbons (Fsp3) is 0.500. The molecule has 3 atom stereocenters. The maximum atomic E-state index is 13.7. The van der Waals surface area contributed by atoms with Crippen LogP contribution >= 0.6 is 11.3 Å². The Labute approximate surface area is 284 Å². The van der Waals surface area contributed by atoms with Crippen molar-refractivity contribution in [2.75, 3.05) is 25.0 Å². The van der Waals surface area contributed by atoms with Gasteiger partial charge in [-0.3, -0.25) is 14.5 Å². The van der Waals surface area contributed by atoms with Gasteiger partial charge >= 0.3 is 5.97 Å². The molecule has 0 N–H and O–H groups in total. The summed E-state index contributed by atoms with van der Waals surface area (Å²) in [4.78, 5) is 33.3. The summed E-state index contributed by atoms with van der Waals surface area (Å²) in [5.41, 5.74) is -0.732. The maximum Gasteiger partial charge on any atom is 0.321 e. The second-order valence-corrected chi connectivity index (χ2v) is 21.8. The highest BCUT2D eigenvalue weighted by Crippen LogP contribution is 2.43. The molecule has 0 spiro atoms. The molecule has 2 saturated heterocycles. The molecule has 0 radical (unpaired) electrons. The largest absolute Gasteiger partial charge is 0.459 e. The van der Waals surface area contributed by atoms with Crippen LogP contribution in [0.25, 0.3) is 0 Å². The number of aromatic nitrogens is 1. The van der Waals surface area contributed by atoms with E-state index in [9.17, 15) is 18.0 Å². The van der Waals surface area contributed by atoms with Gasteiger partial charge < -0.3 is 9.16 Å². The highest BCUT2D eigenvalue weighted by Gasteiger charge is 2.57. The van der Waals surface area contributed by atoms with Crippen LogP contribution in [0.15, 0.2) is 66.9 Å². The first-order chi connectivity index (χ1) is 22.0. The maximum absolute atomic E-state index is 13.7. The van der Waals surface area contributed by atoms with Gasteiger partial charge in [0, 0.05) is 19.8 Å². The molecule has 254 valence electrons. The van der Waals surface area contributed by atoms with Crippen LogP contribution in [0.5, 0.6) is 0 Å². The van der Waals surface area contributed by atoms with Gasteiger partial charge in [-0.25, -0.2) is 4.98 Å². The summed E-state index contributed by atoms with van der Waals surface area (Å²) >= 11 is 1.41. The van der Waals surface area contributed by atoms with Crippen LogP contribution in [0.4, 0.5) is 5.13 Å². The molecule has 0 bridgehead atoms. The molecule has 3 heterocycles. The van der Waals surface area contributed by atoms with Crippen LogP contribution in [0.1, 0.15) is 59.8 Å². The number of carbonyl (C=O) groups is 2. The van der Waals surface area contributed by atoms with E-state index in [1.807, 2.05) is 12.1 Å². The predicted octanol–water partition coefficient (Wildman–Crippen LogP) is 4.16. The summed E-state index contributed by atoms with van der Waals surface area (Å²) in [7, 11) is -5.45. The Kier molecular flexibility index (Phi) is 9.91. The molecule has 0 saturated carbocycles. The monoisotopic (exact) mass is 698 g/mol. The number of hydrogen-bond donors (Lipinski definition) is 0. The number of carbonyl (C=O) groups excluding carboxylic acids is 2. The molecule has 5 rings (SSSR count). The zero-order valence-electron chi connectivity index (χ0n) is 28.5. The van der Waals surface area contributed by atoms with Gasteiger partial charge in [-0.05, 0) is 42.6 Å². The summed E-state index contributed by atoms with van der Waals surface area (Å²) in [6.07, 6.45) is 2.23. The van der Waals surface area contributed by atoms with Gasteiger partial charge in [0.1, 0.15) is 12.1 Å². The molecular weight excluding hydrogens is 653 g/mol. The van der Waals surface area contributed by atoms with Crippen LogP contribution in [0, 0.1) is 5.92 Å². The number of fused-ring (bicyclic) bond motifs is 1. The minimum Gasteiger partial charge on any atom is -0.459 e. The summed E-state index contributed by atoms with van der Waals surface area (Å²) in [6.45, 7) is 13.8. The second kappa shape index (κ2) is 13.2. The predicted molar refractivity (Wildman–Crippen MR) is 187 cm³/mol. The molecule has 2 aliphatic rings. The smallest absolute Gasteiger partial charge is 0.321 e. The third-order valence-corrected chi connectivity index (χ3v) is 16.8. The molecule has 2 fully saturated rings. The van der Waals surface area contributed by atoms with Gasteiger partial charge in [0.15, 0.2) is 5.13 Å². The number of ether oxygens (including phenoxy) is 1. The first-order valence-corrected chi connectivity index (χ1v) is 20.1. The zero-order chi connectivity index (χ0) is 34.4. The standard InChI is InChI=1S/C34H46N4O6S2Si/c1-24-30-28(19-20-37(30)46(41,42)36(8)22-29(39)44-33(2,3)4)38(31(24)40)32-35-21-25(45-32)23-43-47(34(5,6)7,26-15-11-9-12-16-26)27-17-13-10-14-18-27/h9-18,21,24,28,30H,19-20,22-23H2,1-8H3/t24-,28-,30+/m0/s1. The first kappa shape index (κ1) is 35.4. The van der Waals surface area contributed by atoms with Crippen molar-refractivity contribution < 1.29 is 27.2 Å². The van der Waals surface area contributed by atoms with Crippen molar-refractivity contribution in [3.05, 3.63) is 71.7 Å². The molecule has 3 aromatic rings. The van der Waals surface area contributed by atoms with E-state index in [1.54, 1.807) is 38.8 Å². The Morgan fingerprint density at radius 2 is 1.60 bits per heavy atom. The van der Waals surface area contributed by atoms with Gasteiger partial charge in [-0.2, -0.15) is 17.0 Å². The molecule has 1 aromatic heterocycles. The van der Waals surface area contributed by atoms with Crippen molar-refractivity contribution in [2.24, 2.45) is 5.92 Å². The number of thiazole rings is 1. The molecule has 2 aromatic carbocycles. The number of benzene rings is 2. The van der Waals surface area contributed by atoms with E-state index < -0.39 is 48.6 Å². The van der Waals surface area contributed by atoms with E-state index in [4.69, 9.17) is 9.16 Å². The van der Waals surface area contributed by atoms with E-state index in [2.05, 4.69) is 74.3 Å². The van der Waals surface area contributed by atoms with Crippen molar-refractivity contribution in [1.29, 1.82) is 0 Å². The third-order valence-electron chi connectivity index (χ3n) is 8.90. The molecule has 0 aliphatic carbocycles. The van der Waals surface area contributed by atoms with Crippen molar-refractivity contribution in [2.45, 2.75) is 84.2 Å². The summed E-state index contributed by atoms with van der Waals surface area (Å²) in [6, 6.07) is 19.9. The Morgan fingerprint density at radius 1 is 1.02 bits per heavy atom. The van der Waals surface area contributed by atoms with Crippen molar-refractivity contribution >= 4 is 57.2 Å². The van der Waals surface area contributed by atoms with Gasteiger partial charge in [0.2, 0.25) is 5.91 Å². The Morgan fingerprint density at radius 3 is 2.13 bits per heavy atom. The molecule has 0 unspecified atom stereocenters. The highest BCUT2D eigenvalue weighted by molar-refractivity contribution is 7.86. The summed E-state index contributed by atoms with van der Waals surface area (Å²) < 4.78 is 42.1. The lowest BCUT2D eigenvalue weighted by molar-refractivity contribution is -0.154. The molecular formula is C34H46N4O6S2Si. The van der Waals surface area contributed by atoms with Crippen LogP contribution in [-0.4, -0.2) is 80.0 Å². The lowest BCUT2D eigenvalue weighted by Crippen LogP contribution is -2.66. The molecule has 10 nitrogen and oxygen atoms in total. The third kappa shape index (κ3) is 6.83. The molecule has 1 amide bonds. The quantitative estimate of drug-likeness (QED) is 0.231. The fourth-order valence-corrected chi connectivity index (χ4v) is 14.0. The SMILES string of the molecule is C[C@@H]1C(=O)N(c2ncc(CO[Si](c3ccccc3)(c3ccccc3)C(C)(C)C)s2)[C@H]2CCN(S(=O)(=O)N(C)CC(=O)OC(C)(C)C)[C@H]12. The Hall–Kier alpha value is -2.94. The van der Waals surface area contributed by atoms with E-state index >= 15 is 0 Å². The van der Waals surface area contributed by atoms with Crippen LogP contribution in [-0.2, 0) is 35.6 Å². The van der Waals surface area contributed by atoms with Gasteiger partial charge in [-0.1, -0.05) is 99.7 Å². The lowest BCUT2D eigenvalue weighted by Gasteiger charge is -2.42. The lowest BCUT2D eigenvalue weighted by atomic mass is 10.0. The van der Waals surface area contributed by atoms with E-state index in [-0.39, 0.29) is 23.5 Å². The van der Waals surface area contributed by atoms with Crippen LogP contribution < -0.4 is 15.3 Å². The highest BCUT2D eigenvalue weighted by atomic mass is 32.2. The summed E-state index contributed by atoms with van der Waals surface area (Å²) in [5.74, 6) is -1.37. The van der Waals surface area contributed by atoms with Gasteiger partial charge in [-0.15, -0.1) is 0 Å².